The van der Waals surface area contributed by atoms with Crippen molar-refractivity contribution < 1.29 is 24.2 Å². The number of amides is 2. The van der Waals surface area contributed by atoms with Crippen molar-refractivity contribution in [3.63, 3.8) is 0 Å². The summed E-state index contributed by atoms with van der Waals surface area (Å²) in [5.41, 5.74) is -0.709. The maximum absolute atomic E-state index is 13.2. The average molecular weight is 468 g/mol. The van der Waals surface area contributed by atoms with Gasteiger partial charge in [0.15, 0.2) is 0 Å². The summed E-state index contributed by atoms with van der Waals surface area (Å²) in [6.45, 7) is 9.22. The van der Waals surface area contributed by atoms with E-state index in [-0.39, 0.29) is 13.1 Å². The summed E-state index contributed by atoms with van der Waals surface area (Å²) in [6, 6.07) is 7.60. The van der Waals surface area contributed by atoms with Gasteiger partial charge in [-0.25, -0.2) is 9.80 Å². The number of hydrogen-bond donors (Lipinski definition) is 2. The Balaban J connectivity index is 1.87. The van der Waals surface area contributed by atoms with Crippen LogP contribution in [0.2, 0.25) is 0 Å². The summed E-state index contributed by atoms with van der Waals surface area (Å²) >= 11 is 8.31. The molecule has 0 spiro atoms. The lowest BCUT2D eigenvalue weighted by atomic mass is 9.96. The summed E-state index contributed by atoms with van der Waals surface area (Å²) in [6.07, 6.45) is 0.584. The van der Waals surface area contributed by atoms with Gasteiger partial charge >= 0.3 is 12.1 Å². The number of carbonyl (C=O) groups excluding carboxylic acids is 2. The minimum atomic E-state index is -1.13. The predicted molar refractivity (Wildman–Crippen MR) is 118 cm³/mol. The maximum atomic E-state index is 13.2. The molecule has 2 saturated heterocycles. The number of alkyl carbamates (subject to hydrolysis) is 1. The molecule has 0 bridgehead atoms. The molecule has 4 atom stereocenters. The van der Waals surface area contributed by atoms with Gasteiger partial charge in [0.05, 0.1) is 12.0 Å². The highest BCUT2D eigenvalue weighted by atomic mass is 35.5. The van der Waals surface area contributed by atoms with E-state index in [1.165, 1.54) is 22.8 Å². The minimum Gasteiger partial charge on any atom is -0.481 e. The Labute approximate surface area is 190 Å². The molecule has 10 heteroatoms. The normalized spacial score (nSPS) is 27.0. The van der Waals surface area contributed by atoms with Crippen LogP contribution in [0.15, 0.2) is 47.9 Å². The number of fused-ring (bicyclic) bond motifs is 1. The molecule has 2 heterocycles. The van der Waals surface area contributed by atoms with Crippen molar-refractivity contribution in [3.05, 3.63) is 43.0 Å². The predicted octanol–water partition coefficient (Wildman–Crippen LogP) is 2.94. The summed E-state index contributed by atoms with van der Waals surface area (Å²) in [7, 11) is 0. The number of benzene rings is 1. The van der Waals surface area contributed by atoms with Crippen LogP contribution in [0.25, 0.3) is 0 Å². The van der Waals surface area contributed by atoms with Crippen molar-refractivity contribution in [1.82, 2.24) is 15.3 Å². The van der Waals surface area contributed by atoms with Crippen LogP contribution in [-0.2, 0) is 14.3 Å². The number of thioether (sulfide) groups is 1. The van der Waals surface area contributed by atoms with E-state index in [9.17, 15) is 19.5 Å². The standard InChI is InChI=1S/C21H26ClN3O5S/c1-5-14(18(27)28)16-21(22,31-13-9-7-6-8-10-13)12-24-11-15(17(26)25(16)24)23-19(29)30-20(2,3)4/h5-10,14-16H,1,11-12H2,2-4H3,(H,23,29)(H,27,28). The molecule has 2 aliphatic heterocycles. The molecule has 1 aromatic carbocycles. The summed E-state index contributed by atoms with van der Waals surface area (Å²) in [4.78, 5) is 38.2. The first-order valence-corrected chi connectivity index (χ1v) is 11.0. The fraction of sp³-hybridized carbons (Fsp3) is 0.476. The molecule has 2 aliphatic rings. The molecule has 1 aromatic rings. The third kappa shape index (κ3) is 4.99. The molecule has 2 amide bonds. The van der Waals surface area contributed by atoms with Crippen LogP contribution in [0.5, 0.6) is 0 Å². The molecule has 0 saturated carbocycles. The molecule has 0 aromatic heterocycles. The van der Waals surface area contributed by atoms with Crippen molar-refractivity contribution in [2.45, 2.75) is 47.6 Å². The zero-order chi connectivity index (χ0) is 23.0. The second-order valence-corrected chi connectivity index (χ2v) is 10.8. The van der Waals surface area contributed by atoms with Gasteiger partial charge in [0.25, 0.3) is 5.91 Å². The Bertz CT molecular complexity index is 878. The Morgan fingerprint density at radius 2 is 2.03 bits per heavy atom. The molecule has 4 unspecified atom stereocenters. The van der Waals surface area contributed by atoms with E-state index in [4.69, 9.17) is 16.3 Å². The van der Waals surface area contributed by atoms with Crippen molar-refractivity contribution in [3.8, 4) is 0 Å². The smallest absolute Gasteiger partial charge is 0.408 e. The highest BCUT2D eigenvalue weighted by Gasteiger charge is 2.61. The number of nitrogens with zero attached hydrogens (tertiary/aromatic N) is 2. The maximum Gasteiger partial charge on any atom is 0.408 e. The van der Waals surface area contributed by atoms with Gasteiger partial charge in [0.2, 0.25) is 0 Å². The van der Waals surface area contributed by atoms with E-state index in [0.717, 1.165) is 4.90 Å². The van der Waals surface area contributed by atoms with E-state index < -0.39 is 45.8 Å². The van der Waals surface area contributed by atoms with E-state index in [0.29, 0.717) is 0 Å². The lowest BCUT2D eigenvalue weighted by Crippen LogP contribution is -2.52. The number of hydrogen-bond acceptors (Lipinski definition) is 6. The molecular weight excluding hydrogens is 442 g/mol. The number of carboxylic acid groups (broad SMARTS) is 1. The van der Waals surface area contributed by atoms with Crippen LogP contribution in [0.3, 0.4) is 0 Å². The molecule has 2 N–H and O–H groups in total. The number of hydrazine groups is 1. The summed E-state index contributed by atoms with van der Waals surface area (Å²) < 4.78 is 4.12. The fourth-order valence-corrected chi connectivity index (χ4v) is 5.67. The van der Waals surface area contributed by atoms with Gasteiger partial charge in [-0.3, -0.25) is 14.6 Å². The molecule has 168 valence electrons. The zero-order valence-electron chi connectivity index (χ0n) is 17.6. The molecule has 0 radical (unpaired) electrons. The molecule has 0 aliphatic carbocycles. The second-order valence-electron chi connectivity index (χ2n) is 8.47. The summed E-state index contributed by atoms with van der Waals surface area (Å²) in [5.74, 6) is -2.65. The van der Waals surface area contributed by atoms with Gasteiger partial charge in [0.1, 0.15) is 15.8 Å². The SMILES string of the molecule is C=CC(C(=O)O)C1N2C(=O)C(NC(=O)OC(C)(C)C)CN2CC1(Cl)Sc1ccccc1. The van der Waals surface area contributed by atoms with E-state index in [1.807, 2.05) is 30.3 Å². The Hall–Kier alpha value is -2.23. The monoisotopic (exact) mass is 467 g/mol. The highest BCUT2D eigenvalue weighted by Crippen LogP contribution is 2.50. The van der Waals surface area contributed by atoms with E-state index in [2.05, 4.69) is 11.9 Å². The quantitative estimate of drug-likeness (QED) is 0.490. The average Bonchev–Trinajstić information content (AvgIpc) is 3.07. The third-order valence-corrected chi connectivity index (χ3v) is 6.72. The van der Waals surface area contributed by atoms with Crippen molar-refractivity contribution in [2.24, 2.45) is 5.92 Å². The van der Waals surface area contributed by atoms with Crippen LogP contribution in [0.1, 0.15) is 20.8 Å². The summed E-state index contributed by atoms with van der Waals surface area (Å²) in [5, 5.41) is 15.4. The largest absolute Gasteiger partial charge is 0.481 e. The second kappa shape index (κ2) is 8.72. The number of aliphatic carboxylic acids is 1. The molecule has 3 rings (SSSR count). The zero-order valence-corrected chi connectivity index (χ0v) is 19.2. The third-order valence-electron chi connectivity index (χ3n) is 4.93. The number of carboxylic acids is 1. The molecule has 8 nitrogen and oxygen atoms in total. The molecule has 31 heavy (non-hydrogen) atoms. The molecular formula is C21H26ClN3O5S. The first kappa shape index (κ1) is 23.4. The number of nitrogens with one attached hydrogen (secondary N) is 1. The number of carbonyl (C=O) groups is 3. The van der Waals surface area contributed by atoms with Gasteiger partial charge in [0, 0.05) is 18.0 Å². The van der Waals surface area contributed by atoms with Crippen LogP contribution >= 0.6 is 23.4 Å². The molecule has 2 fully saturated rings. The Morgan fingerprint density at radius 3 is 2.58 bits per heavy atom. The van der Waals surface area contributed by atoms with Gasteiger partial charge in [-0.15, -0.1) is 18.2 Å². The van der Waals surface area contributed by atoms with Gasteiger partial charge in [-0.2, -0.15) is 0 Å². The number of ether oxygens (including phenoxy) is 1. The Morgan fingerprint density at radius 1 is 1.39 bits per heavy atom. The van der Waals surface area contributed by atoms with Crippen LogP contribution in [0.4, 0.5) is 4.79 Å². The number of halogens is 1. The minimum absolute atomic E-state index is 0.169. The van der Waals surface area contributed by atoms with Crippen molar-refractivity contribution in [1.29, 1.82) is 0 Å². The topological polar surface area (TPSA) is 99.2 Å². The van der Waals surface area contributed by atoms with Crippen molar-refractivity contribution in [2.75, 3.05) is 13.1 Å². The first-order valence-electron chi connectivity index (χ1n) is 9.81. The van der Waals surface area contributed by atoms with Gasteiger partial charge in [-0.1, -0.05) is 36.0 Å². The highest BCUT2D eigenvalue weighted by molar-refractivity contribution is 8.02. The first-order chi connectivity index (χ1) is 14.4. The van der Waals surface area contributed by atoms with E-state index in [1.54, 1.807) is 25.8 Å². The van der Waals surface area contributed by atoms with Gasteiger partial charge < -0.3 is 15.2 Å². The van der Waals surface area contributed by atoms with Gasteiger partial charge in [-0.05, 0) is 32.9 Å². The van der Waals surface area contributed by atoms with Crippen LogP contribution in [0, 0.1) is 5.92 Å². The fourth-order valence-electron chi connectivity index (χ4n) is 3.77. The number of alkyl halides is 1. The lowest BCUT2D eigenvalue weighted by molar-refractivity contribution is -0.147. The number of rotatable bonds is 6. The Kier molecular flexibility index (Phi) is 6.59. The van der Waals surface area contributed by atoms with E-state index >= 15 is 0 Å². The van der Waals surface area contributed by atoms with Crippen LogP contribution in [-0.4, -0.2) is 68.1 Å². The van der Waals surface area contributed by atoms with Crippen molar-refractivity contribution >= 4 is 41.3 Å². The van der Waals surface area contributed by atoms with Crippen LogP contribution < -0.4 is 5.32 Å². The lowest BCUT2D eigenvalue weighted by Gasteiger charge is -2.34.